The van der Waals surface area contributed by atoms with Crippen molar-refractivity contribution in [1.29, 1.82) is 0 Å². The van der Waals surface area contributed by atoms with Crippen molar-refractivity contribution in [3.63, 3.8) is 0 Å². The van der Waals surface area contributed by atoms with E-state index < -0.39 is 0 Å². The smallest absolute Gasteiger partial charge is 0.239 e. The lowest BCUT2D eigenvalue weighted by atomic mass is 10.3. The fourth-order valence-electron chi connectivity index (χ4n) is 2.53. The molecule has 25 heavy (non-hydrogen) atoms. The molecule has 0 radical (unpaired) electrons. The van der Waals surface area contributed by atoms with E-state index in [0.717, 1.165) is 25.9 Å². The molecule has 0 unspecified atom stereocenters. The molecular weight excluding hydrogens is 354 g/mol. The van der Waals surface area contributed by atoms with Crippen LogP contribution in [0.5, 0.6) is 0 Å². The molecule has 7 heteroatoms. The third-order valence-electron chi connectivity index (χ3n) is 4.03. The van der Waals surface area contributed by atoms with Crippen LogP contribution in [0.4, 0.5) is 0 Å². The summed E-state index contributed by atoms with van der Waals surface area (Å²) < 4.78 is 0. The van der Waals surface area contributed by atoms with Gasteiger partial charge in [0.05, 0.1) is 13.1 Å². The van der Waals surface area contributed by atoms with E-state index in [0.29, 0.717) is 12.6 Å². The van der Waals surface area contributed by atoms with Crippen molar-refractivity contribution in [3.8, 4) is 0 Å². The zero-order valence-corrected chi connectivity index (χ0v) is 15.9. The molecule has 2 aromatic heterocycles. The molecule has 2 amide bonds. The van der Waals surface area contributed by atoms with Gasteiger partial charge in [-0.05, 0) is 35.7 Å². The Balaban J connectivity index is 1.55. The predicted molar refractivity (Wildman–Crippen MR) is 102 cm³/mol. The molecule has 1 aliphatic carbocycles. The molecule has 0 spiro atoms. The van der Waals surface area contributed by atoms with E-state index in [-0.39, 0.29) is 18.4 Å². The van der Waals surface area contributed by atoms with Crippen LogP contribution in [0.2, 0.25) is 0 Å². The zero-order chi connectivity index (χ0) is 17.6. The number of nitrogens with zero attached hydrogens (tertiary/aromatic N) is 2. The molecule has 0 atom stereocenters. The standard InChI is InChI=1S/C18H23N3O2S2/c1-20(12-17(22)19-14-6-7-14)18(23)13-21(10-15-4-2-8-24-15)11-16-5-3-9-25-16/h2-5,8-9,14H,6-7,10-13H2,1H3,(H,19,22). The van der Waals surface area contributed by atoms with Crippen LogP contribution in [-0.2, 0) is 22.7 Å². The van der Waals surface area contributed by atoms with Gasteiger partial charge in [0.25, 0.3) is 0 Å². The zero-order valence-electron chi connectivity index (χ0n) is 14.3. The van der Waals surface area contributed by atoms with Gasteiger partial charge in [-0.2, -0.15) is 0 Å². The van der Waals surface area contributed by atoms with Crippen molar-refractivity contribution < 1.29 is 9.59 Å². The van der Waals surface area contributed by atoms with Gasteiger partial charge in [0.2, 0.25) is 11.8 Å². The van der Waals surface area contributed by atoms with E-state index in [2.05, 4.69) is 33.1 Å². The number of nitrogens with one attached hydrogen (secondary N) is 1. The largest absolute Gasteiger partial charge is 0.352 e. The van der Waals surface area contributed by atoms with Crippen LogP contribution >= 0.6 is 22.7 Å². The Bertz CT molecular complexity index is 645. The molecule has 1 saturated carbocycles. The summed E-state index contributed by atoms with van der Waals surface area (Å²) in [5.41, 5.74) is 0. The summed E-state index contributed by atoms with van der Waals surface area (Å²) in [5.74, 6) is -0.0968. The van der Waals surface area contributed by atoms with E-state index in [4.69, 9.17) is 0 Å². The van der Waals surface area contributed by atoms with Crippen LogP contribution in [0, 0.1) is 0 Å². The first-order valence-electron chi connectivity index (χ1n) is 8.40. The van der Waals surface area contributed by atoms with Crippen LogP contribution in [0.1, 0.15) is 22.6 Å². The van der Waals surface area contributed by atoms with Crippen LogP contribution in [0.15, 0.2) is 35.0 Å². The minimum absolute atomic E-state index is 0.0286. The van der Waals surface area contributed by atoms with E-state index >= 15 is 0 Å². The van der Waals surface area contributed by atoms with Gasteiger partial charge in [0.1, 0.15) is 0 Å². The SMILES string of the molecule is CN(CC(=O)NC1CC1)C(=O)CN(Cc1cccs1)Cc1cccs1. The first-order valence-corrected chi connectivity index (χ1v) is 10.2. The molecule has 0 aromatic carbocycles. The van der Waals surface area contributed by atoms with Gasteiger partial charge in [0, 0.05) is 35.9 Å². The van der Waals surface area contributed by atoms with Crippen LogP contribution in [0.3, 0.4) is 0 Å². The molecule has 5 nitrogen and oxygen atoms in total. The lowest BCUT2D eigenvalue weighted by Crippen LogP contribution is -2.43. The number of hydrogen-bond acceptors (Lipinski definition) is 5. The van der Waals surface area contributed by atoms with Crippen molar-refractivity contribution >= 4 is 34.5 Å². The summed E-state index contributed by atoms with van der Waals surface area (Å²) in [6.45, 7) is 1.91. The minimum Gasteiger partial charge on any atom is -0.352 e. The van der Waals surface area contributed by atoms with E-state index in [1.54, 1.807) is 29.7 Å². The quantitative estimate of drug-likeness (QED) is 0.731. The summed E-state index contributed by atoms with van der Waals surface area (Å²) in [4.78, 5) is 30.6. The van der Waals surface area contributed by atoms with Gasteiger partial charge in [-0.25, -0.2) is 0 Å². The molecule has 134 valence electrons. The van der Waals surface area contributed by atoms with Gasteiger partial charge in [0.15, 0.2) is 0 Å². The maximum absolute atomic E-state index is 12.6. The van der Waals surface area contributed by atoms with Crippen molar-refractivity contribution in [3.05, 3.63) is 44.8 Å². The normalized spacial score (nSPS) is 13.8. The third-order valence-corrected chi connectivity index (χ3v) is 5.75. The molecule has 0 saturated heterocycles. The van der Waals surface area contributed by atoms with Crippen LogP contribution in [-0.4, -0.2) is 47.8 Å². The van der Waals surface area contributed by atoms with Crippen molar-refractivity contribution in [2.24, 2.45) is 0 Å². The van der Waals surface area contributed by atoms with E-state index in [1.165, 1.54) is 14.7 Å². The number of likely N-dealkylation sites (N-methyl/N-ethyl adjacent to an activating group) is 1. The maximum atomic E-state index is 12.6. The van der Waals surface area contributed by atoms with Gasteiger partial charge in [-0.3, -0.25) is 14.5 Å². The summed E-state index contributed by atoms with van der Waals surface area (Å²) in [6, 6.07) is 8.55. The Hall–Kier alpha value is -1.70. The summed E-state index contributed by atoms with van der Waals surface area (Å²) in [7, 11) is 1.70. The fourth-order valence-corrected chi connectivity index (χ4v) is 4.02. The number of amides is 2. The molecule has 1 aliphatic rings. The second-order valence-corrected chi connectivity index (χ2v) is 8.46. The average molecular weight is 378 g/mol. The predicted octanol–water partition coefficient (Wildman–Crippen LogP) is 2.55. The highest BCUT2D eigenvalue weighted by atomic mass is 32.1. The topological polar surface area (TPSA) is 52.7 Å². The number of hydrogen-bond donors (Lipinski definition) is 1. The first-order chi connectivity index (χ1) is 12.1. The molecule has 0 bridgehead atoms. The monoisotopic (exact) mass is 377 g/mol. The maximum Gasteiger partial charge on any atom is 0.239 e. The Morgan fingerprint density at radius 1 is 1.08 bits per heavy atom. The Kier molecular flexibility index (Phi) is 6.23. The number of thiophene rings is 2. The Morgan fingerprint density at radius 3 is 2.16 bits per heavy atom. The lowest BCUT2D eigenvalue weighted by Gasteiger charge is -2.24. The molecule has 0 aliphatic heterocycles. The van der Waals surface area contributed by atoms with Gasteiger partial charge < -0.3 is 10.2 Å². The highest BCUT2D eigenvalue weighted by Crippen LogP contribution is 2.19. The van der Waals surface area contributed by atoms with Crippen molar-refractivity contribution in [2.75, 3.05) is 20.1 Å². The summed E-state index contributed by atoms with van der Waals surface area (Å²) >= 11 is 3.39. The number of carbonyl (C=O) groups is 2. The molecular formula is C18H23N3O2S2. The first kappa shape index (κ1) is 18.1. The molecule has 3 rings (SSSR count). The van der Waals surface area contributed by atoms with Crippen LogP contribution < -0.4 is 5.32 Å². The lowest BCUT2D eigenvalue weighted by molar-refractivity contribution is -0.135. The van der Waals surface area contributed by atoms with Gasteiger partial charge in [-0.15, -0.1) is 22.7 Å². The second kappa shape index (κ2) is 8.60. The van der Waals surface area contributed by atoms with E-state index in [1.807, 2.05) is 12.1 Å². The molecule has 1 N–H and O–H groups in total. The molecule has 2 heterocycles. The number of carbonyl (C=O) groups excluding carboxylic acids is 2. The molecule has 2 aromatic rings. The van der Waals surface area contributed by atoms with Crippen LogP contribution in [0.25, 0.3) is 0 Å². The van der Waals surface area contributed by atoms with Gasteiger partial charge >= 0.3 is 0 Å². The van der Waals surface area contributed by atoms with E-state index in [9.17, 15) is 9.59 Å². The molecule has 1 fully saturated rings. The van der Waals surface area contributed by atoms with Gasteiger partial charge in [-0.1, -0.05) is 12.1 Å². The Labute approximate surface area is 156 Å². The summed E-state index contributed by atoms with van der Waals surface area (Å²) in [5, 5.41) is 7.02. The highest BCUT2D eigenvalue weighted by molar-refractivity contribution is 7.10. The fraction of sp³-hybridized carbons (Fsp3) is 0.444. The number of rotatable bonds is 9. The third kappa shape index (κ3) is 5.95. The summed E-state index contributed by atoms with van der Waals surface area (Å²) in [6.07, 6.45) is 2.11. The minimum atomic E-state index is -0.0681. The van der Waals surface area contributed by atoms with Crippen molar-refractivity contribution in [2.45, 2.75) is 32.0 Å². The average Bonchev–Trinajstić information content (AvgIpc) is 3.02. The Morgan fingerprint density at radius 2 is 1.68 bits per heavy atom. The van der Waals surface area contributed by atoms with Crippen molar-refractivity contribution in [1.82, 2.24) is 15.1 Å². The second-order valence-electron chi connectivity index (χ2n) is 6.40. The highest BCUT2D eigenvalue weighted by Gasteiger charge is 2.24.